The molecular weight excluding hydrogens is 351 g/mol. The molecule has 2 rings (SSSR count). The van der Waals surface area contributed by atoms with Crippen LogP contribution in [0.4, 0.5) is 0 Å². The van der Waals surface area contributed by atoms with Crippen LogP contribution < -0.4 is 4.74 Å². The van der Waals surface area contributed by atoms with Crippen LogP contribution in [0, 0.1) is 0 Å². The minimum atomic E-state index is 0.326. The number of hydrogen-bond acceptors (Lipinski definition) is 2. The molecule has 0 atom stereocenters. The van der Waals surface area contributed by atoms with Crippen molar-refractivity contribution >= 4 is 45.4 Å². The Morgan fingerprint density at radius 2 is 1.84 bits per heavy atom. The van der Waals surface area contributed by atoms with Gasteiger partial charge in [0.15, 0.2) is 6.29 Å². The van der Waals surface area contributed by atoms with Crippen molar-refractivity contribution in [2.75, 3.05) is 0 Å². The zero-order valence-electron chi connectivity index (χ0n) is 9.70. The Balaban J connectivity index is 2.19. The van der Waals surface area contributed by atoms with E-state index >= 15 is 0 Å². The SMILES string of the molecule is O=Cc1cc(Cl)cc(Cl)c1OCc1ccc(Br)cc1. The Kier molecular flexibility index (Phi) is 4.86. The first-order chi connectivity index (χ1) is 9.10. The summed E-state index contributed by atoms with van der Waals surface area (Å²) in [4.78, 5) is 11.0. The summed E-state index contributed by atoms with van der Waals surface area (Å²) in [7, 11) is 0. The van der Waals surface area contributed by atoms with Gasteiger partial charge in [-0.05, 0) is 29.8 Å². The van der Waals surface area contributed by atoms with Crippen molar-refractivity contribution in [3.63, 3.8) is 0 Å². The maximum Gasteiger partial charge on any atom is 0.153 e. The van der Waals surface area contributed by atoms with Gasteiger partial charge in [-0.1, -0.05) is 51.3 Å². The molecule has 2 aromatic carbocycles. The lowest BCUT2D eigenvalue weighted by molar-refractivity contribution is 0.111. The minimum absolute atomic E-state index is 0.326. The molecule has 0 aliphatic carbocycles. The number of carbonyl (C=O) groups excluding carboxylic acids is 1. The third-order valence-electron chi connectivity index (χ3n) is 2.46. The van der Waals surface area contributed by atoms with Gasteiger partial charge >= 0.3 is 0 Å². The van der Waals surface area contributed by atoms with E-state index in [1.807, 2.05) is 24.3 Å². The van der Waals surface area contributed by atoms with E-state index in [0.29, 0.717) is 34.3 Å². The van der Waals surface area contributed by atoms with E-state index in [0.717, 1.165) is 10.0 Å². The molecule has 5 heteroatoms. The van der Waals surface area contributed by atoms with Crippen LogP contribution in [-0.2, 0) is 6.61 Å². The predicted octanol–water partition coefficient (Wildman–Crippen LogP) is 5.15. The molecule has 0 amide bonds. The standard InChI is InChI=1S/C14H9BrCl2O2/c15-11-3-1-9(2-4-11)8-19-14-10(7-18)5-12(16)6-13(14)17/h1-7H,8H2. The summed E-state index contributed by atoms with van der Waals surface area (Å²) in [6.07, 6.45) is 0.675. The van der Waals surface area contributed by atoms with Crippen LogP contribution in [0.25, 0.3) is 0 Å². The van der Waals surface area contributed by atoms with Crippen LogP contribution >= 0.6 is 39.1 Å². The second kappa shape index (κ2) is 6.42. The van der Waals surface area contributed by atoms with Crippen molar-refractivity contribution in [1.82, 2.24) is 0 Å². The highest BCUT2D eigenvalue weighted by atomic mass is 79.9. The average Bonchev–Trinajstić information content (AvgIpc) is 2.39. The molecule has 0 spiro atoms. The number of halogens is 3. The second-order valence-electron chi connectivity index (χ2n) is 3.84. The zero-order chi connectivity index (χ0) is 13.8. The summed E-state index contributed by atoms with van der Waals surface area (Å²) >= 11 is 15.2. The van der Waals surface area contributed by atoms with Crippen molar-refractivity contribution in [3.8, 4) is 5.75 Å². The summed E-state index contributed by atoms with van der Waals surface area (Å²) in [6.45, 7) is 0.329. The van der Waals surface area contributed by atoms with Gasteiger partial charge in [0.05, 0.1) is 10.6 Å². The molecule has 0 fully saturated rings. The summed E-state index contributed by atoms with van der Waals surface area (Å²) in [5.74, 6) is 0.351. The maximum atomic E-state index is 11.0. The largest absolute Gasteiger partial charge is 0.487 e. The zero-order valence-corrected chi connectivity index (χ0v) is 12.8. The quantitative estimate of drug-likeness (QED) is 0.706. The molecule has 0 aliphatic heterocycles. The molecule has 0 radical (unpaired) electrons. The molecule has 0 N–H and O–H groups in total. The van der Waals surface area contributed by atoms with E-state index in [-0.39, 0.29) is 0 Å². The fourth-order valence-corrected chi connectivity index (χ4v) is 2.38. The molecular formula is C14H9BrCl2O2. The maximum absolute atomic E-state index is 11.0. The van der Waals surface area contributed by atoms with E-state index in [1.54, 1.807) is 6.07 Å². The summed E-state index contributed by atoms with van der Waals surface area (Å²) in [6, 6.07) is 10.8. The van der Waals surface area contributed by atoms with Crippen molar-refractivity contribution in [1.29, 1.82) is 0 Å². The average molecular weight is 360 g/mol. The molecule has 2 aromatic rings. The van der Waals surface area contributed by atoms with Gasteiger partial charge in [0.1, 0.15) is 12.4 Å². The minimum Gasteiger partial charge on any atom is -0.487 e. The van der Waals surface area contributed by atoms with Crippen molar-refractivity contribution in [2.24, 2.45) is 0 Å². The first kappa shape index (κ1) is 14.4. The Bertz CT molecular complexity index is 597. The van der Waals surface area contributed by atoms with Crippen molar-refractivity contribution < 1.29 is 9.53 Å². The lowest BCUT2D eigenvalue weighted by Gasteiger charge is -2.11. The molecule has 0 bridgehead atoms. The second-order valence-corrected chi connectivity index (χ2v) is 5.60. The third kappa shape index (κ3) is 3.72. The number of carbonyl (C=O) groups is 1. The summed E-state index contributed by atoms with van der Waals surface area (Å²) in [5, 5.41) is 0.731. The van der Waals surface area contributed by atoms with Gasteiger partial charge in [-0.2, -0.15) is 0 Å². The highest BCUT2D eigenvalue weighted by Gasteiger charge is 2.10. The predicted molar refractivity (Wildman–Crippen MR) is 80.3 cm³/mol. The normalized spacial score (nSPS) is 10.3. The third-order valence-corrected chi connectivity index (χ3v) is 3.49. The van der Waals surface area contributed by atoms with Crippen LogP contribution in [0.2, 0.25) is 10.0 Å². The number of aldehydes is 1. The molecule has 19 heavy (non-hydrogen) atoms. The summed E-state index contributed by atoms with van der Waals surface area (Å²) in [5.41, 5.74) is 1.32. The molecule has 0 saturated carbocycles. The van der Waals surface area contributed by atoms with E-state index < -0.39 is 0 Å². The lowest BCUT2D eigenvalue weighted by Crippen LogP contribution is -1.99. The topological polar surface area (TPSA) is 26.3 Å². The first-order valence-corrected chi connectivity index (χ1v) is 6.96. The number of ether oxygens (including phenoxy) is 1. The van der Waals surface area contributed by atoms with Gasteiger partial charge in [0.2, 0.25) is 0 Å². The van der Waals surface area contributed by atoms with Crippen molar-refractivity contribution in [3.05, 3.63) is 62.0 Å². The number of rotatable bonds is 4. The Labute approximate surface area is 129 Å². The van der Waals surface area contributed by atoms with Crippen molar-refractivity contribution in [2.45, 2.75) is 6.61 Å². The van der Waals surface area contributed by atoms with E-state index in [9.17, 15) is 4.79 Å². The summed E-state index contributed by atoms with van der Waals surface area (Å²) < 4.78 is 6.60. The number of benzene rings is 2. The van der Waals surface area contributed by atoms with Gasteiger partial charge in [-0.15, -0.1) is 0 Å². The Hall–Kier alpha value is -1.03. The lowest BCUT2D eigenvalue weighted by atomic mass is 10.2. The van der Waals surface area contributed by atoms with E-state index in [1.165, 1.54) is 6.07 Å². The Morgan fingerprint density at radius 3 is 2.47 bits per heavy atom. The van der Waals surface area contributed by atoms with Gasteiger partial charge in [0.25, 0.3) is 0 Å². The fourth-order valence-electron chi connectivity index (χ4n) is 1.56. The highest BCUT2D eigenvalue weighted by molar-refractivity contribution is 9.10. The first-order valence-electron chi connectivity index (χ1n) is 5.41. The van der Waals surface area contributed by atoms with E-state index in [4.69, 9.17) is 27.9 Å². The molecule has 0 aliphatic rings. The van der Waals surface area contributed by atoms with Gasteiger partial charge in [0, 0.05) is 9.50 Å². The number of hydrogen-bond donors (Lipinski definition) is 0. The monoisotopic (exact) mass is 358 g/mol. The highest BCUT2D eigenvalue weighted by Crippen LogP contribution is 2.32. The molecule has 0 unspecified atom stereocenters. The molecule has 98 valence electrons. The van der Waals surface area contributed by atoms with Gasteiger partial charge in [-0.25, -0.2) is 0 Å². The van der Waals surface area contributed by atoms with Gasteiger partial charge < -0.3 is 4.74 Å². The smallest absolute Gasteiger partial charge is 0.153 e. The van der Waals surface area contributed by atoms with Crippen LogP contribution in [-0.4, -0.2) is 6.29 Å². The van der Waals surface area contributed by atoms with E-state index in [2.05, 4.69) is 15.9 Å². The molecule has 0 heterocycles. The van der Waals surface area contributed by atoms with Gasteiger partial charge in [-0.3, -0.25) is 4.79 Å². The van der Waals surface area contributed by atoms with Crippen LogP contribution in [0.1, 0.15) is 15.9 Å². The molecule has 0 aromatic heterocycles. The molecule has 2 nitrogen and oxygen atoms in total. The molecule has 0 saturated heterocycles. The Morgan fingerprint density at radius 1 is 1.16 bits per heavy atom. The van der Waals surface area contributed by atoms with Crippen LogP contribution in [0.15, 0.2) is 40.9 Å². The van der Waals surface area contributed by atoms with Crippen LogP contribution in [0.3, 0.4) is 0 Å². The fraction of sp³-hybridized carbons (Fsp3) is 0.0714. The van der Waals surface area contributed by atoms with Crippen LogP contribution in [0.5, 0.6) is 5.75 Å².